The summed E-state index contributed by atoms with van der Waals surface area (Å²) < 4.78 is 4.76. The molecular weight excluding hydrogens is 240 g/mol. The van der Waals surface area contributed by atoms with Gasteiger partial charge in [0.15, 0.2) is 5.78 Å². The Morgan fingerprint density at radius 2 is 2.00 bits per heavy atom. The van der Waals surface area contributed by atoms with Crippen LogP contribution in [0.25, 0.3) is 0 Å². The van der Waals surface area contributed by atoms with Gasteiger partial charge in [0.25, 0.3) is 0 Å². The van der Waals surface area contributed by atoms with E-state index < -0.39 is 0 Å². The molecule has 0 N–H and O–H groups in total. The van der Waals surface area contributed by atoms with Crippen LogP contribution in [0.5, 0.6) is 0 Å². The fourth-order valence-corrected chi connectivity index (χ4v) is 1.53. The normalized spacial score (nSPS) is 10.1. The standard InChI is InChI=1S/C13H15ClO3/c1-3-17-13(16)7-6-12(15)10-4-5-11(14)9(2)8-10/h4-5,8H,3,6-7H2,1-2H3. The second-order valence-corrected chi connectivity index (χ2v) is 4.10. The van der Waals surface area contributed by atoms with Crippen molar-refractivity contribution in [1.82, 2.24) is 0 Å². The Hall–Kier alpha value is -1.35. The minimum absolute atomic E-state index is 0.0715. The SMILES string of the molecule is CCOC(=O)CCC(=O)c1ccc(Cl)c(C)c1. The van der Waals surface area contributed by atoms with Gasteiger partial charge in [-0.05, 0) is 37.6 Å². The molecule has 0 aliphatic heterocycles. The van der Waals surface area contributed by atoms with Gasteiger partial charge in [0.05, 0.1) is 13.0 Å². The maximum atomic E-state index is 11.8. The van der Waals surface area contributed by atoms with E-state index in [1.165, 1.54) is 0 Å². The van der Waals surface area contributed by atoms with Crippen LogP contribution in [0.3, 0.4) is 0 Å². The molecule has 0 aliphatic rings. The predicted molar refractivity (Wildman–Crippen MR) is 66.4 cm³/mol. The first-order chi connectivity index (χ1) is 8.04. The summed E-state index contributed by atoms with van der Waals surface area (Å²) in [6.07, 6.45) is 0.286. The highest BCUT2D eigenvalue weighted by atomic mass is 35.5. The van der Waals surface area contributed by atoms with Crippen LogP contribution in [-0.4, -0.2) is 18.4 Å². The molecule has 4 heteroatoms. The Balaban J connectivity index is 2.58. The van der Waals surface area contributed by atoms with Crippen molar-refractivity contribution >= 4 is 23.4 Å². The summed E-state index contributed by atoms with van der Waals surface area (Å²) in [5.74, 6) is -0.413. The summed E-state index contributed by atoms with van der Waals surface area (Å²) in [4.78, 5) is 22.9. The number of carbonyl (C=O) groups excluding carboxylic acids is 2. The minimum atomic E-state index is -0.341. The Bertz CT molecular complexity index is 427. The smallest absolute Gasteiger partial charge is 0.306 e. The van der Waals surface area contributed by atoms with Crippen LogP contribution in [0, 0.1) is 6.92 Å². The van der Waals surface area contributed by atoms with Crippen molar-refractivity contribution in [2.75, 3.05) is 6.61 Å². The molecule has 0 spiro atoms. The van der Waals surface area contributed by atoms with Gasteiger partial charge in [-0.2, -0.15) is 0 Å². The van der Waals surface area contributed by atoms with Crippen LogP contribution in [0.4, 0.5) is 0 Å². The molecule has 3 nitrogen and oxygen atoms in total. The van der Waals surface area contributed by atoms with Crippen LogP contribution in [-0.2, 0) is 9.53 Å². The lowest BCUT2D eigenvalue weighted by Gasteiger charge is -2.04. The zero-order valence-electron chi connectivity index (χ0n) is 9.96. The van der Waals surface area contributed by atoms with Gasteiger partial charge in [-0.1, -0.05) is 11.6 Å². The fourth-order valence-electron chi connectivity index (χ4n) is 1.41. The summed E-state index contributed by atoms with van der Waals surface area (Å²) in [5.41, 5.74) is 1.44. The van der Waals surface area contributed by atoms with Gasteiger partial charge in [0.2, 0.25) is 0 Å². The van der Waals surface area contributed by atoms with Crippen LogP contribution < -0.4 is 0 Å². The molecule has 0 saturated carbocycles. The minimum Gasteiger partial charge on any atom is -0.466 e. The summed E-state index contributed by atoms with van der Waals surface area (Å²) in [6.45, 7) is 3.92. The van der Waals surface area contributed by atoms with Crippen LogP contribution in [0.2, 0.25) is 5.02 Å². The van der Waals surface area contributed by atoms with E-state index in [0.717, 1.165) is 5.56 Å². The Labute approximate surface area is 106 Å². The summed E-state index contributed by atoms with van der Waals surface area (Å²) in [6, 6.07) is 5.09. The third kappa shape index (κ3) is 4.19. The molecule has 0 saturated heterocycles. The topological polar surface area (TPSA) is 43.4 Å². The molecule has 17 heavy (non-hydrogen) atoms. The molecule has 1 aromatic rings. The lowest BCUT2D eigenvalue weighted by atomic mass is 10.0. The van der Waals surface area contributed by atoms with Gasteiger partial charge < -0.3 is 4.74 Å². The fraction of sp³-hybridized carbons (Fsp3) is 0.385. The number of ether oxygens (including phenoxy) is 1. The van der Waals surface area contributed by atoms with Crippen LogP contribution >= 0.6 is 11.6 Å². The second-order valence-electron chi connectivity index (χ2n) is 3.69. The van der Waals surface area contributed by atoms with E-state index in [4.69, 9.17) is 16.3 Å². The second kappa shape index (κ2) is 6.40. The molecule has 1 aromatic carbocycles. The third-order valence-electron chi connectivity index (χ3n) is 2.34. The molecule has 0 aromatic heterocycles. The highest BCUT2D eigenvalue weighted by Crippen LogP contribution is 2.17. The number of esters is 1. The molecule has 0 aliphatic carbocycles. The van der Waals surface area contributed by atoms with Gasteiger partial charge in [0, 0.05) is 17.0 Å². The largest absolute Gasteiger partial charge is 0.466 e. The number of aryl methyl sites for hydroxylation is 1. The predicted octanol–water partition coefficient (Wildman–Crippen LogP) is 3.17. The molecule has 92 valence electrons. The molecule has 0 atom stereocenters. The first-order valence-electron chi connectivity index (χ1n) is 5.49. The van der Waals surface area contributed by atoms with E-state index >= 15 is 0 Å². The van der Waals surface area contributed by atoms with Crippen molar-refractivity contribution in [3.8, 4) is 0 Å². The van der Waals surface area contributed by atoms with Gasteiger partial charge >= 0.3 is 5.97 Å². The molecule has 0 unspecified atom stereocenters. The summed E-state index contributed by atoms with van der Waals surface area (Å²) >= 11 is 5.87. The lowest BCUT2D eigenvalue weighted by molar-refractivity contribution is -0.143. The van der Waals surface area contributed by atoms with Crippen molar-refractivity contribution in [1.29, 1.82) is 0 Å². The summed E-state index contributed by atoms with van der Waals surface area (Å²) in [7, 11) is 0. The Morgan fingerprint density at radius 1 is 1.29 bits per heavy atom. The molecule has 0 bridgehead atoms. The van der Waals surface area contributed by atoms with E-state index in [1.807, 2.05) is 6.92 Å². The molecule has 0 heterocycles. The molecule has 1 rings (SSSR count). The maximum absolute atomic E-state index is 11.8. The zero-order chi connectivity index (χ0) is 12.8. The van der Waals surface area contributed by atoms with Crippen molar-refractivity contribution in [2.45, 2.75) is 26.7 Å². The highest BCUT2D eigenvalue weighted by molar-refractivity contribution is 6.31. The van der Waals surface area contributed by atoms with Crippen molar-refractivity contribution in [3.63, 3.8) is 0 Å². The monoisotopic (exact) mass is 254 g/mol. The highest BCUT2D eigenvalue weighted by Gasteiger charge is 2.10. The third-order valence-corrected chi connectivity index (χ3v) is 2.77. The van der Waals surface area contributed by atoms with Crippen molar-refractivity contribution in [3.05, 3.63) is 34.3 Å². The van der Waals surface area contributed by atoms with Crippen LogP contribution in [0.1, 0.15) is 35.7 Å². The number of ketones is 1. The quantitative estimate of drug-likeness (QED) is 0.599. The first kappa shape index (κ1) is 13.7. The Morgan fingerprint density at radius 3 is 2.59 bits per heavy atom. The average molecular weight is 255 g/mol. The summed E-state index contributed by atoms with van der Waals surface area (Å²) in [5, 5.41) is 0.631. The van der Waals surface area contributed by atoms with Gasteiger partial charge in [-0.15, -0.1) is 0 Å². The van der Waals surface area contributed by atoms with Gasteiger partial charge in [-0.3, -0.25) is 9.59 Å². The van der Waals surface area contributed by atoms with E-state index in [9.17, 15) is 9.59 Å². The first-order valence-corrected chi connectivity index (χ1v) is 5.87. The number of halogens is 1. The maximum Gasteiger partial charge on any atom is 0.306 e. The van der Waals surface area contributed by atoms with E-state index in [-0.39, 0.29) is 24.6 Å². The van der Waals surface area contributed by atoms with Crippen LogP contribution in [0.15, 0.2) is 18.2 Å². The number of carbonyl (C=O) groups is 2. The number of hydrogen-bond acceptors (Lipinski definition) is 3. The van der Waals surface area contributed by atoms with Crippen molar-refractivity contribution < 1.29 is 14.3 Å². The molecule has 0 amide bonds. The number of rotatable bonds is 5. The number of Topliss-reactive ketones (excluding diaryl/α,β-unsaturated/α-hetero) is 1. The van der Waals surface area contributed by atoms with E-state index in [0.29, 0.717) is 17.2 Å². The van der Waals surface area contributed by atoms with E-state index in [1.54, 1.807) is 25.1 Å². The lowest BCUT2D eigenvalue weighted by Crippen LogP contribution is -2.08. The Kier molecular flexibility index (Phi) is 5.16. The molecule has 0 radical (unpaired) electrons. The molecular formula is C13H15ClO3. The van der Waals surface area contributed by atoms with E-state index in [2.05, 4.69) is 0 Å². The number of hydrogen-bond donors (Lipinski definition) is 0. The number of benzene rings is 1. The van der Waals surface area contributed by atoms with Gasteiger partial charge in [-0.25, -0.2) is 0 Å². The molecule has 0 fully saturated rings. The zero-order valence-corrected chi connectivity index (χ0v) is 10.7. The van der Waals surface area contributed by atoms with Crippen molar-refractivity contribution in [2.24, 2.45) is 0 Å². The van der Waals surface area contributed by atoms with Gasteiger partial charge in [0.1, 0.15) is 0 Å². The average Bonchev–Trinajstić information content (AvgIpc) is 2.30.